The summed E-state index contributed by atoms with van der Waals surface area (Å²) < 4.78 is 28.9. The van der Waals surface area contributed by atoms with E-state index in [1.165, 1.54) is 0 Å². The van der Waals surface area contributed by atoms with Crippen molar-refractivity contribution in [3.8, 4) is 0 Å². The van der Waals surface area contributed by atoms with Crippen LogP contribution in [0.5, 0.6) is 0 Å². The summed E-state index contributed by atoms with van der Waals surface area (Å²) in [6, 6.07) is 39.5. The van der Waals surface area contributed by atoms with Gasteiger partial charge in [0.1, 0.15) is 30.5 Å². The van der Waals surface area contributed by atoms with Crippen molar-refractivity contribution in [2.24, 2.45) is 0 Å². The number of aliphatic hydroxyl groups excluding tert-OH is 1. The van der Waals surface area contributed by atoms with Crippen LogP contribution in [0.25, 0.3) is 0 Å². The highest BCUT2D eigenvalue weighted by Crippen LogP contribution is 2.33. The number of aliphatic hydroxyl groups is 1. The maximum Gasteiger partial charge on any atom is 0.115 e. The third-order valence-corrected chi connectivity index (χ3v) is 9.71. The lowest BCUT2D eigenvalue weighted by molar-refractivity contribution is -0.251. The molecule has 5 aromatic rings. The van der Waals surface area contributed by atoms with Gasteiger partial charge in [0.2, 0.25) is 0 Å². The van der Waals surface area contributed by atoms with Crippen LogP contribution in [0.2, 0.25) is 0 Å². The molecule has 0 bridgehead atoms. The van der Waals surface area contributed by atoms with Crippen molar-refractivity contribution in [2.45, 2.75) is 82.5 Å². The van der Waals surface area contributed by atoms with Crippen molar-refractivity contribution in [1.29, 1.82) is 0 Å². The van der Waals surface area contributed by atoms with Gasteiger partial charge < -0.3 is 29.4 Å². The van der Waals surface area contributed by atoms with Crippen molar-refractivity contribution >= 4 is 11.8 Å². The zero-order chi connectivity index (χ0) is 35.1. The third-order valence-electron chi connectivity index (χ3n) is 9.01. The fourth-order valence-electron chi connectivity index (χ4n) is 6.37. The Kier molecular flexibility index (Phi) is 14.2. The van der Waals surface area contributed by atoms with E-state index >= 15 is 0 Å². The average molecular weight is 709 g/mol. The molecule has 0 saturated heterocycles. The molecule has 51 heavy (non-hydrogen) atoms. The van der Waals surface area contributed by atoms with Crippen LogP contribution in [0.15, 0.2) is 128 Å². The van der Waals surface area contributed by atoms with Crippen LogP contribution in [-0.2, 0) is 58.5 Å². The fraction of sp³-hybridized carbons (Fsp3) is 0.366. The molecule has 0 spiro atoms. The van der Waals surface area contributed by atoms with Crippen molar-refractivity contribution in [2.75, 3.05) is 12.0 Å². The summed E-state index contributed by atoms with van der Waals surface area (Å²) in [5.41, 5.74) is 4.83. The Morgan fingerprint density at radius 1 is 0.627 bits per heavy atom. The molecular formula is C41H48N4O5S. The lowest BCUT2D eigenvalue weighted by atomic mass is 9.82. The van der Waals surface area contributed by atoms with Crippen LogP contribution in [0, 0.1) is 0 Å². The minimum atomic E-state index is -1.01. The molecule has 1 saturated carbocycles. The topological polar surface area (TPSA) is 99.9 Å². The number of benzene rings is 4. The fourth-order valence-corrected chi connectivity index (χ4v) is 6.79. The zero-order valence-electron chi connectivity index (χ0n) is 29.1. The van der Waals surface area contributed by atoms with E-state index in [4.69, 9.17) is 18.9 Å². The van der Waals surface area contributed by atoms with Gasteiger partial charge >= 0.3 is 0 Å². The summed E-state index contributed by atoms with van der Waals surface area (Å²) in [4.78, 5) is 0. The highest BCUT2D eigenvalue weighted by atomic mass is 32.2. The van der Waals surface area contributed by atoms with Gasteiger partial charge in [0.25, 0.3) is 0 Å². The number of nitrogens with one attached hydrogen (secondary N) is 1. The molecule has 268 valence electrons. The number of hydrogen-bond donors (Lipinski definition) is 2. The molecule has 0 unspecified atom stereocenters. The first kappa shape index (κ1) is 36.9. The molecule has 1 fully saturated rings. The number of rotatable bonds is 19. The highest BCUT2D eigenvalue weighted by molar-refractivity contribution is 7.98. The summed E-state index contributed by atoms with van der Waals surface area (Å²) in [5.74, 6) is 1.06. The van der Waals surface area contributed by atoms with Crippen LogP contribution >= 0.6 is 11.8 Å². The minimum Gasteiger partial charge on any atom is -0.389 e. The third kappa shape index (κ3) is 10.8. The van der Waals surface area contributed by atoms with Crippen LogP contribution in [-0.4, -0.2) is 68.7 Å². The van der Waals surface area contributed by atoms with Gasteiger partial charge in [-0.1, -0.05) is 127 Å². The van der Waals surface area contributed by atoms with Crippen molar-refractivity contribution in [3.05, 3.63) is 155 Å². The second-order valence-corrected chi connectivity index (χ2v) is 13.7. The first-order valence-corrected chi connectivity index (χ1v) is 19.0. The Balaban J connectivity index is 1.32. The van der Waals surface area contributed by atoms with E-state index in [1.54, 1.807) is 0 Å². The summed E-state index contributed by atoms with van der Waals surface area (Å²) >= 11 is 1.82. The number of nitrogens with zero attached hydrogens (tertiary/aromatic N) is 3. The van der Waals surface area contributed by atoms with Crippen molar-refractivity contribution in [3.63, 3.8) is 0 Å². The van der Waals surface area contributed by atoms with Gasteiger partial charge in [-0.25, -0.2) is 0 Å². The van der Waals surface area contributed by atoms with E-state index in [-0.39, 0.29) is 0 Å². The molecule has 6 rings (SSSR count). The van der Waals surface area contributed by atoms with E-state index in [0.717, 1.165) is 46.7 Å². The predicted octanol–water partition coefficient (Wildman–Crippen LogP) is 6.21. The van der Waals surface area contributed by atoms with E-state index in [9.17, 15) is 5.11 Å². The molecule has 0 aliphatic heterocycles. The predicted molar refractivity (Wildman–Crippen MR) is 200 cm³/mol. The normalized spacial score (nSPS) is 21.8. The molecule has 1 aromatic heterocycles. The molecule has 0 amide bonds. The molecule has 1 aliphatic rings. The quantitative estimate of drug-likeness (QED) is 0.0972. The van der Waals surface area contributed by atoms with Crippen LogP contribution in [0.1, 0.15) is 34.4 Å². The Morgan fingerprint density at radius 3 is 1.53 bits per heavy atom. The number of aromatic nitrogens is 3. The van der Waals surface area contributed by atoms with E-state index < -0.39 is 36.6 Å². The van der Waals surface area contributed by atoms with Crippen molar-refractivity contribution in [1.82, 2.24) is 20.3 Å². The molecule has 1 aliphatic carbocycles. The van der Waals surface area contributed by atoms with Crippen LogP contribution in [0.4, 0.5) is 0 Å². The van der Waals surface area contributed by atoms with E-state index in [2.05, 4.69) is 21.9 Å². The lowest BCUT2D eigenvalue weighted by Gasteiger charge is -2.49. The Bertz CT molecular complexity index is 1680. The highest BCUT2D eigenvalue weighted by Gasteiger charge is 2.53. The Hall–Kier alpha value is -3.87. The second kappa shape index (κ2) is 19.7. The largest absolute Gasteiger partial charge is 0.389 e. The van der Waals surface area contributed by atoms with Crippen LogP contribution < -0.4 is 5.32 Å². The number of aryl methyl sites for hydroxylation is 1. The number of hydrogen-bond acceptors (Lipinski definition) is 9. The Labute approximate surface area is 305 Å². The summed E-state index contributed by atoms with van der Waals surface area (Å²) in [5, 5.41) is 24.7. The smallest absolute Gasteiger partial charge is 0.115 e. The maximum absolute atomic E-state index is 12.3. The van der Waals surface area contributed by atoms with Gasteiger partial charge in [-0.05, 0) is 40.7 Å². The molecular weight excluding hydrogens is 661 g/mol. The molecule has 4 aromatic carbocycles. The lowest BCUT2D eigenvalue weighted by Crippen LogP contribution is -2.69. The van der Waals surface area contributed by atoms with Gasteiger partial charge in [-0.2, -0.15) is 11.8 Å². The number of ether oxygens (including phenoxy) is 4. The van der Waals surface area contributed by atoms with Gasteiger partial charge in [0.15, 0.2) is 0 Å². The van der Waals surface area contributed by atoms with Crippen molar-refractivity contribution < 1.29 is 24.1 Å². The second-order valence-electron chi connectivity index (χ2n) is 12.8. The van der Waals surface area contributed by atoms with E-state index in [0.29, 0.717) is 33.0 Å². The summed E-state index contributed by atoms with van der Waals surface area (Å²) in [7, 11) is 0. The average Bonchev–Trinajstić information content (AvgIpc) is 3.64. The molecule has 9 nitrogen and oxygen atoms in total. The van der Waals surface area contributed by atoms with Gasteiger partial charge in [-0.15, -0.1) is 5.10 Å². The summed E-state index contributed by atoms with van der Waals surface area (Å²) in [6.07, 6.45) is 1.44. The maximum atomic E-state index is 12.3. The summed E-state index contributed by atoms with van der Waals surface area (Å²) in [6.45, 7) is 2.45. The first-order valence-electron chi connectivity index (χ1n) is 17.6. The number of thioether (sulfide) groups is 1. The molecule has 2 N–H and O–H groups in total. The van der Waals surface area contributed by atoms with Gasteiger partial charge in [-0.3, -0.25) is 4.68 Å². The van der Waals surface area contributed by atoms with Gasteiger partial charge in [0.05, 0.1) is 38.2 Å². The molecule has 1 heterocycles. The first-order chi connectivity index (χ1) is 25.2. The monoisotopic (exact) mass is 708 g/mol. The molecule has 0 radical (unpaired) electrons. The van der Waals surface area contributed by atoms with E-state index in [1.807, 2.05) is 144 Å². The Morgan fingerprint density at radius 2 is 1.06 bits per heavy atom. The molecule has 6 atom stereocenters. The van der Waals surface area contributed by atoms with Gasteiger partial charge in [0, 0.05) is 19.3 Å². The zero-order valence-corrected chi connectivity index (χ0v) is 29.9. The molecule has 10 heteroatoms. The standard InChI is InChI=1S/C41H48N4O5S/c1-51-24-14-23-45-26-35(43-44-45)25-42-36-37(46)39(48-28-32-17-8-3-9-18-32)41(50-30-34-21-12-5-13-22-34)40(49-29-33-19-10-4-11-20-33)38(36)47-27-31-15-6-2-7-16-31/h2-13,15-22,26,36-42,46H,14,23-25,27-30H2,1H3/t36-,37-,38+,39+,40-,41-/m1/s1. The van der Waals surface area contributed by atoms with Crippen LogP contribution in [0.3, 0.4) is 0 Å². The minimum absolute atomic E-state index is 0.297. The SMILES string of the molecule is CSCCCn1cc(CN[C@@H]2[C@@H](O)[C@H](OCc3ccccc3)[C@@H](OCc3ccccc3)[C@H](OCc3ccccc3)[C@H]2OCc2ccccc2)nn1.